The van der Waals surface area contributed by atoms with Crippen molar-refractivity contribution in [1.29, 1.82) is 0 Å². The first-order valence-electron chi connectivity index (χ1n) is 6.90. The number of rotatable bonds is 2. The first kappa shape index (κ1) is 14.1. The van der Waals surface area contributed by atoms with E-state index in [1.807, 2.05) is 24.3 Å². The number of nitrogens with zero attached hydrogens (tertiary/aromatic N) is 4. The maximum absolute atomic E-state index is 12.1. The van der Waals surface area contributed by atoms with Gasteiger partial charge >= 0.3 is 0 Å². The van der Waals surface area contributed by atoms with Gasteiger partial charge in [0.25, 0.3) is 0 Å². The smallest absolute Gasteiger partial charge is 0.247 e. The van der Waals surface area contributed by atoms with Crippen LogP contribution in [0.5, 0.6) is 0 Å². The van der Waals surface area contributed by atoms with Crippen molar-refractivity contribution in [3.05, 3.63) is 30.3 Å². The fourth-order valence-corrected chi connectivity index (χ4v) is 2.39. The molecule has 3 rings (SSSR count). The second kappa shape index (κ2) is 5.18. The zero-order chi connectivity index (χ0) is 15.9. The molecule has 22 heavy (non-hydrogen) atoms. The molecule has 7 nitrogen and oxygen atoms in total. The van der Waals surface area contributed by atoms with Gasteiger partial charge in [0.1, 0.15) is 12.4 Å². The zero-order valence-electron chi connectivity index (χ0n) is 12.5. The highest BCUT2D eigenvalue weighted by Crippen LogP contribution is 2.24. The maximum Gasteiger partial charge on any atom is 0.247 e. The molecule has 0 saturated carbocycles. The number of carbonyl (C=O) groups is 2. The molecule has 2 amide bonds. The normalized spacial score (nSPS) is 15.5. The van der Waals surface area contributed by atoms with E-state index in [9.17, 15) is 9.59 Å². The number of anilines is 2. The Morgan fingerprint density at radius 3 is 2.32 bits per heavy atom. The van der Waals surface area contributed by atoms with Gasteiger partial charge in [-0.15, -0.1) is 0 Å². The van der Waals surface area contributed by atoms with Crippen LogP contribution in [-0.2, 0) is 16.6 Å². The summed E-state index contributed by atoms with van der Waals surface area (Å²) in [6.07, 6.45) is 0. The molecule has 0 aliphatic carbocycles. The van der Waals surface area contributed by atoms with Crippen LogP contribution >= 0.6 is 0 Å². The van der Waals surface area contributed by atoms with Crippen LogP contribution in [0.2, 0.25) is 0 Å². The molecule has 1 fully saturated rings. The minimum atomic E-state index is -0.0862. The van der Waals surface area contributed by atoms with Crippen molar-refractivity contribution in [3.63, 3.8) is 0 Å². The van der Waals surface area contributed by atoms with Crippen molar-refractivity contribution in [2.75, 3.05) is 30.8 Å². The van der Waals surface area contributed by atoms with Gasteiger partial charge in [0.15, 0.2) is 0 Å². The number of hydrogen-bond acceptors (Lipinski definition) is 4. The summed E-state index contributed by atoms with van der Waals surface area (Å²) in [4.78, 5) is 26.7. The Labute approximate surface area is 127 Å². The predicted molar refractivity (Wildman–Crippen MR) is 83.0 cm³/mol. The average molecular weight is 299 g/mol. The lowest BCUT2D eigenvalue weighted by atomic mass is 10.1. The summed E-state index contributed by atoms with van der Waals surface area (Å²) in [5.74, 6) is 0.428. The van der Waals surface area contributed by atoms with Crippen LogP contribution in [0.25, 0.3) is 11.3 Å². The summed E-state index contributed by atoms with van der Waals surface area (Å²) in [6, 6.07) is 9.16. The van der Waals surface area contributed by atoms with Gasteiger partial charge in [0, 0.05) is 31.4 Å². The molecule has 0 bridgehead atoms. The number of benzene rings is 1. The van der Waals surface area contributed by atoms with Crippen LogP contribution in [0.4, 0.5) is 11.5 Å². The zero-order valence-corrected chi connectivity index (χ0v) is 12.5. The van der Waals surface area contributed by atoms with Crippen LogP contribution in [-0.4, -0.2) is 46.6 Å². The van der Waals surface area contributed by atoms with E-state index < -0.39 is 0 Å². The third-order valence-electron chi connectivity index (χ3n) is 3.78. The molecule has 1 aliphatic rings. The maximum atomic E-state index is 12.1. The molecule has 0 radical (unpaired) electrons. The van der Waals surface area contributed by atoms with Crippen molar-refractivity contribution in [3.8, 4) is 11.3 Å². The van der Waals surface area contributed by atoms with Gasteiger partial charge in [0.05, 0.1) is 12.2 Å². The third kappa shape index (κ3) is 2.41. The monoisotopic (exact) mass is 299 g/mol. The molecule has 0 spiro atoms. The molecule has 114 valence electrons. The largest absolute Gasteiger partial charge is 0.384 e. The number of carbonyl (C=O) groups excluding carboxylic acids is 2. The molecule has 0 atom stereocenters. The summed E-state index contributed by atoms with van der Waals surface area (Å²) in [5.41, 5.74) is 8.16. The van der Waals surface area contributed by atoms with Crippen molar-refractivity contribution in [1.82, 2.24) is 14.7 Å². The number of nitrogens with two attached hydrogens (primary N) is 1. The number of aromatic nitrogens is 2. The SMILES string of the molecule is CN1CC(=O)N(c2ccc(-c3cc(N)n(C)n3)cc2)CC1=O. The van der Waals surface area contributed by atoms with E-state index in [-0.39, 0.29) is 24.9 Å². The van der Waals surface area contributed by atoms with Gasteiger partial charge in [-0.3, -0.25) is 14.3 Å². The Morgan fingerprint density at radius 2 is 1.73 bits per heavy atom. The molecule has 7 heteroatoms. The molecule has 1 aromatic carbocycles. The Hall–Kier alpha value is -2.83. The van der Waals surface area contributed by atoms with Crippen molar-refractivity contribution in [2.45, 2.75) is 0 Å². The van der Waals surface area contributed by atoms with E-state index in [0.717, 1.165) is 11.3 Å². The molecule has 1 aliphatic heterocycles. The Balaban J connectivity index is 1.85. The van der Waals surface area contributed by atoms with Crippen molar-refractivity contribution < 1.29 is 9.59 Å². The van der Waals surface area contributed by atoms with Gasteiger partial charge in [-0.25, -0.2) is 0 Å². The van der Waals surface area contributed by atoms with Gasteiger partial charge < -0.3 is 15.5 Å². The van der Waals surface area contributed by atoms with Crippen molar-refractivity contribution in [2.24, 2.45) is 7.05 Å². The lowest BCUT2D eigenvalue weighted by Gasteiger charge is -2.31. The lowest BCUT2D eigenvalue weighted by molar-refractivity contribution is -0.136. The molecular formula is C15H17N5O2. The van der Waals surface area contributed by atoms with E-state index in [2.05, 4.69) is 5.10 Å². The van der Waals surface area contributed by atoms with E-state index in [1.54, 1.807) is 24.8 Å². The van der Waals surface area contributed by atoms with E-state index in [1.165, 1.54) is 9.80 Å². The first-order chi connectivity index (χ1) is 10.5. The highest BCUT2D eigenvalue weighted by atomic mass is 16.2. The first-order valence-corrected chi connectivity index (χ1v) is 6.90. The Kier molecular flexibility index (Phi) is 3.32. The van der Waals surface area contributed by atoms with Crippen LogP contribution in [0, 0.1) is 0 Å². The van der Waals surface area contributed by atoms with E-state index in [4.69, 9.17) is 5.73 Å². The number of likely N-dealkylation sites (N-methyl/N-ethyl adjacent to an activating group) is 1. The number of hydrogen-bond donors (Lipinski definition) is 1. The second-order valence-corrected chi connectivity index (χ2v) is 5.35. The molecule has 1 saturated heterocycles. The van der Waals surface area contributed by atoms with Gasteiger partial charge in [0.2, 0.25) is 11.8 Å². The van der Waals surface area contributed by atoms with E-state index in [0.29, 0.717) is 11.5 Å². The van der Waals surface area contributed by atoms with Gasteiger partial charge in [-0.1, -0.05) is 12.1 Å². The summed E-state index contributed by atoms with van der Waals surface area (Å²) in [6.45, 7) is 0.183. The average Bonchev–Trinajstić information content (AvgIpc) is 2.83. The van der Waals surface area contributed by atoms with Gasteiger partial charge in [-0.05, 0) is 12.1 Å². The minimum absolute atomic E-state index is 0.0684. The van der Waals surface area contributed by atoms with Crippen molar-refractivity contribution >= 4 is 23.3 Å². The quantitative estimate of drug-likeness (QED) is 0.874. The summed E-state index contributed by atoms with van der Waals surface area (Å²) in [7, 11) is 3.41. The predicted octanol–water partition coefficient (Wildman–Crippen LogP) is 0.474. The summed E-state index contributed by atoms with van der Waals surface area (Å²) < 4.78 is 1.60. The summed E-state index contributed by atoms with van der Waals surface area (Å²) >= 11 is 0. The lowest BCUT2D eigenvalue weighted by Crippen LogP contribution is -2.52. The molecular weight excluding hydrogens is 282 g/mol. The molecule has 0 unspecified atom stereocenters. The van der Waals surface area contributed by atoms with Crippen LogP contribution in [0.3, 0.4) is 0 Å². The molecule has 2 N–H and O–H groups in total. The Morgan fingerprint density at radius 1 is 1.05 bits per heavy atom. The fourth-order valence-electron chi connectivity index (χ4n) is 2.39. The van der Waals surface area contributed by atoms with Crippen LogP contribution in [0.1, 0.15) is 0 Å². The van der Waals surface area contributed by atoms with E-state index >= 15 is 0 Å². The Bertz CT molecular complexity index is 715. The van der Waals surface area contributed by atoms with Crippen LogP contribution < -0.4 is 10.6 Å². The van der Waals surface area contributed by atoms with Crippen LogP contribution in [0.15, 0.2) is 30.3 Å². The minimum Gasteiger partial charge on any atom is -0.384 e. The number of amides is 2. The number of piperazine rings is 1. The molecule has 2 aromatic rings. The summed E-state index contributed by atoms with van der Waals surface area (Å²) in [5, 5.41) is 4.31. The number of nitrogen functional groups attached to an aromatic ring is 1. The third-order valence-corrected chi connectivity index (χ3v) is 3.78. The van der Waals surface area contributed by atoms with Gasteiger partial charge in [-0.2, -0.15) is 5.10 Å². The second-order valence-electron chi connectivity index (χ2n) is 5.35. The fraction of sp³-hybridized carbons (Fsp3) is 0.267. The molecule has 2 heterocycles. The highest BCUT2D eigenvalue weighted by molar-refractivity contribution is 6.04. The highest BCUT2D eigenvalue weighted by Gasteiger charge is 2.28. The molecule has 1 aromatic heterocycles. The standard InChI is InChI=1S/C15H17N5O2/c1-18-8-15(22)20(9-14(18)21)11-5-3-10(4-6-11)12-7-13(16)19(2)17-12/h3-7H,8-9,16H2,1-2H3. The number of aryl methyl sites for hydroxylation is 1. The topological polar surface area (TPSA) is 84.5 Å².